The summed E-state index contributed by atoms with van der Waals surface area (Å²) in [5.74, 6) is -0.851. The van der Waals surface area contributed by atoms with E-state index < -0.39 is 11.9 Å². The van der Waals surface area contributed by atoms with Crippen molar-refractivity contribution in [2.45, 2.75) is 26.2 Å². The van der Waals surface area contributed by atoms with E-state index in [1.165, 1.54) is 32.4 Å². The van der Waals surface area contributed by atoms with E-state index >= 15 is 0 Å². The Bertz CT molecular complexity index is 749. The second kappa shape index (κ2) is 11.1. The molecule has 0 amide bonds. The van der Waals surface area contributed by atoms with Crippen LogP contribution in [0.5, 0.6) is 5.88 Å². The number of pyridine rings is 1. The van der Waals surface area contributed by atoms with Crippen molar-refractivity contribution in [3.05, 3.63) is 42.6 Å². The lowest BCUT2D eigenvalue weighted by Crippen LogP contribution is -2.31. The molecule has 0 saturated heterocycles. The average molecular weight is 389 g/mol. The Morgan fingerprint density at radius 1 is 1.25 bits per heavy atom. The molecule has 8 nitrogen and oxygen atoms in total. The Hall–Kier alpha value is -2.87. The highest BCUT2D eigenvalue weighted by Gasteiger charge is 2.23. The van der Waals surface area contributed by atoms with Gasteiger partial charge in [0.2, 0.25) is 5.88 Å². The van der Waals surface area contributed by atoms with Crippen LogP contribution in [0.3, 0.4) is 0 Å². The van der Waals surface area contributed by atoms with Gasteiger partial charge in [0.05, 0.1) is 5.52 Å². The summed E-state index contributed by atoms with van der Waals surface area (Å²) in [4.78, 5) is 21.6. The first-order valence-electron chi connectivity index (χ1n) is 9.41. The number of aromatic nitrogens is 2. The van der Waals surface area contributed by atoms with E-state index in [2.05, 4.69) is 16.9 Å². The van der Waals surface area contributed by atoms with Gasteiger partial charge in [0.25, 0.3) is 0 Å². The zero-order chi connectivity index (χ0) is 20.4. The fourth-order valence-electron chi connectivity index (χ4n) is 2.68. The normalized spacial score (nSPS) is 13.5. The Morgan fingerprint density at radius 2 is 1.96 bits per heavy atom. The first-order chi connectivity index (χ1) is 13.5. The number of hydrogen-bond acceptors (Lipinski definition) is 5. The van der Waals surface area contributed by atoms with Crippen molar-refractivity contribution in [1.29, 1.82) is 0 Å². The summed E-state index contributed by atoms with van der Waals surface area (Å²) < 4.78 is 7.65. The number of aliphatic carboxylic acids is 2. The van der Waals surface area contributed by atoms with Gasteiger partial charge >= 0.3 is 11.9 Å². The fraction of sp³-hybridized carbons (Fsp3) is 0.450. The van der Waals surface area contributed by atoms with E-state index in [1.54, 1.807) is 0 Å². The highest BCUT2D eigenvalue weighted by Crippen LogP contribution is 2.29. The topological polar surface area (TPSA) is 104 Å². The molecule has 3 rings (SSSR count). The molecule has 0 aromatic carbocycles. The summed E-state index contributed by atoms with van der Waals surface area (Å²) in [6, 6.07) is 8.02. The molecular formula is C20H27N3O5. The van der Waals surface area contributed by atoms with Crippen LogP contribution in [0.1, 0.15) is 26.2 Å². The van der Waals surface area contributed by atoms with Crippen molar-refractivity contribution in [1.82, 2.24) is 14.5 Å². The van der Waals surface area contributed by atoms with Crippen LogP contribution in [-0.4, -0.2) is 62.9 Å². The Kier molecular flexibility index (Phi) is 8.48. The number of fused-ring (bicyclic) bond motifs is 1. The van der Waals surface area contributed by atoms with E-state index in [4.69, 9.17) is 14.9 Å². The van der Waals surface area contributed by atoms with Crippen molar-refractivity contribution in [3.8, 4) is 5.88 Å². The van der Waals surface area contributed by atoms with Gasteiger partial charge in [-0.15, -0.1) is 5.10 Å². The number of ether oxygens (including phenoxy) is 1. The molecule has 0 spiro atoms. The summed E-state index contributed by atoms with van der Waals surface area (Å²) >= 11 is 0. The van der Waals surface area contributed by atoms with Crippen LogP contribution in [0.4, 0.5) is 0 Å². The molecule has 1 aliphatic carbocycles. The minimum atomic E-state index is -1.26. The predicted molar refractivity (Wildman–Crippen MR) is 105 cm³/mol. The lowest BCUT2D eigenvalue weighted by molar-refractivity contribution is -0.134. The van der Waals surface area contributed by atoms with Crippen LogP contribution in [0.2, 0.25) is 0 Å². The number of hydrogen-bond donors (Lipinski definition) is 2. The van der Waals surface area contributed by atoms with Gasteiger partial charge in [-0.3, -0.25) is 4.90 Å². The number of carboxylic acids is 2. The molecule has 2 aromatic rings. The third-order valence-electron chi connectivity index (χ3n) is 4.13. The highest BCUT2D eigenvalue weighted by atomic mass is 16.5. The second-order valence-corrected chi connectivity index (χ2v) is 6.65. The molecule has 0 unspecified atom stereocenters. The largest absolute Gasteiger partial charge is 0.478 e. The molecule has 8 heteroatoms. The summed E-state index contributed by atoms with van der Waals surface area (Å²) in [5.41, 5.74) is 1.07. The molecule has 2 heterocycles. The molecule has 1 saturated carbocycles. The van der Waals surface area contributed by atoms with Crippen LogP contribution in [-0.2, 0) is 9.59 Å². The zero-order valence-electron chi connectivity index (χ0n) is 16.0. The third kappa shape index (κ3) is 8.22. The van der Waals surface area contributed by atoms with E-state index in [0.717, 1.165) is 30.5 Å². The molecule has 1 fully saturated rings. The first-order valence-corrected chi connectivity index (χ1v) is 9.41. The standard InChI is InChI=1S/C16H23N3O.C4H4O4/c1-2-8-18(13-14-6-7-14)10-11-20-16-12-15-5-3-4-9-19(15)17-16;5-3(6)1-2-4(7)8/h3-5,9,12,14H,2,6-8,10-11,13H2,1H3;1-2H,(H,5,6)(H,7,8)/b;2-1-. The molecule has 2 N–H and O–H groups in total. The third-order valence-corrected chi connectivity index (χ3v) is 4.13. The van der Waals surface area contributed by atoms with Gasteiger partial charge < -0.3 is 14.9 Å². The Labute approximate surface area is 164 Å². The SMILES string of the molecule is CCCN(CCOc1cc2ccccn2n1)CC1CC1.O=C(O)/C=C\C(=O)O. The van der Waals surface area contributed by atoms with Gasteiger partial charge in [-0.2, -0.15) is 0 Å². The monoisotopic (exact) mass is 389 g/mol. The molecule has 28 heavy (non-hydrogen) atoms. The van der Waals surface area contributed by atoms with Crippen LogP contribution < -0.4 is 4.74 Å². The van der Waals surface area contributed by atoms with Gasteiger partial charge in [0.15, 0.2) is 0 Å². The quantitative estimate of drug-likeness (QED) is 0.602. The maximum absolute atomic E-state index is 9.55. The Morgan fingerprint density at radius 3 is 2.54 bits per heavy atom. The van der Waals surface area contributed by atoms with E-state index in [-0.39, 0.29) is 0 Å². The molecule has 0 bridgehead atoms. The maximum Gasteiger partial charge on any atom is 0.328 e. The number of carbonyl (C=O) groups is 2. The average Bonchev–Trinajstić information content (AvgIpc) is 3.37. The molecule has 0 atom stereocenters. The number of nitrogens with zero attached hydrogens (tertiary/aromatic N) is 3. The molecule has 0 radical (unpaired) electrons. The summed E-state index contributed by atoms with van der Waals surface area (Å²) in [7, 11) is 0. The van der Waals surface area contributed by atoms with Crippen molar-refractivity contribution in [2.24, 2.45) is 5.92 Å². The molecule has 1 aliphatic rings. The molecule has 152 valence electrons. The first kappa shape index (κ1) is 21.4. The van der Waals surface area contributed by atoms with E-state index in [0.29, 0.717) is 12.2 Å². The summed E-state index contributed by atoms with van der Waals surface area (Å²) in [6.07, 6.45) is 7.09. The summed E-state index contributed by atoms with van der Waals surface area (Å²) in [6.45, 7) is 6.37. The smallest absolute Gasteiger partial charge is 0.328 e. The van der Waals surface area contributed by atoms with E-state index in [9.17, 15) is 9.59 Å². The van der Waals surface area contributed by atoms with Gasteiger partial charge in [0.1, 0.15) is 6.61 Å². The lowest BCUT2D eigenvalue weighted by atomic mass is 10.3. The van der Waals surface area contributed by atoms with Gasteiger partial charge in [-0.25, -0.2) is 14.1 Å². The fourth-order valence-corrected chi connectivity index (χ4v) is 2.68. The zero-order valence-corrected chi connectivity index (χ0v) is 16.0. The Balaban J connectivity index is 0.000000300. The lowest BCUT2D eigenvalue weighted by Gasteiger charge is -2.21. The van der Waals surface area contributed by atoms with Crippen molar-refractivity contribution in [2.75, 3.05) is 26.2 Å². The van der Waals surface area contributed by atoms with Gasteiger partial charge in [-0.1, -0.05) is 13.0 Å². The van der Waals surface area contributed by atoms with Crippen LogP contribution in [0.25, 0.3) is 5.52 Å². The van der Waals surface area contributed by atoms with Crippen molar-refractivity contribution in [3.63, 3.8) is 0 Å². The minimum Gasteiger partial charge on any atom is -0.478 e. The maximum atomic E-state index is 9.55. The van der Waals surface area contributed by atoms with Crippen molar-refractivity contribution < 1.29 is 24.5 Å². The van der Waals surface area contributed by atoms with Crippen LogP contribution >= 0.6 is 0 Å². The second-order valence-electron chi connectivity index (χ2n) is 6.65. The summed E-state index contributed by atoms with van der Waals surface area (Å²) in [5, 5.41) is 20.0. The number of carboxylic acid groups (broad SMARTS) is 2. The van der Waals surface area contributed by atoms with Crippen LogP contribution in [0, 0.1) is 5.92 Å². The van der Waals surface area contributed by atoms with Crippen LogP contribution in [0.15, 0.2) is 42.6 Å². The predicted octanol–water partition coefficient (Wildman–Crippen LogP) is 2.55. The molecule has 2 aromatic heterocycles. The van der Waals surface area contributed by atoms with Crippen molar-refractivity contribution >= 4 is 17.5 Å². The van der Waals surface area contributed by atoms with Gasteiger partial charge in [0, 0.05) is 37.5 Å². The molecule has 0 aliphatic heterocycles. The molecular weight excluding hydrogens is 362 g/mol. The minimum absolute atomic E-state index is 0.558. The number of rotatable bonds is 10. The van der Waals surface area contributed by atoms with E-state index in [1.807, 2.05) is 35.0 Å². The highest BCUT2D eigenvalue weighted by molar-refractivity contribution is 5.89. The van der Waals surface area contributed by atoms with Gasteiger partial charge in [-0.05, 0) is 43.9 Å².